The molecule has 1 aromatic heterocycles. The second-order valence-corrected chi connectivity index (χ2v) is 6.64. The average molecular weight is 294 g/mol. The number of nitrogens with one attached hydrogen (secondary N) is 2. The summed E-state index contributed by atoms with van der Waals surface area (Å²) in [4.78, 5) is 6.77. The van der Waals surface area contributed by atoms with Crippen LogP contribution in [0.5, 0.6) is 0 Å². The van der Waals surface area contributed by atoms with Crippen LogP contribution >= 0.6 is 11.6 Å². The van der Waals surface area contributed by atoms with Gasteiger partial charge in [0.25, 0.3) is 10.0 Å². The van der Waals surface area contributed by atoms with Crippen LogP contribution in [0, 0.1) is 5.92 Å². The number of aryl methyl sites for hydroxylation is 1. The third-order valence-corrected chi connectivity index (χ3v) is 4.30. The molecule has 0 bridgehead atoms. The number of aromatic amines is 1. The van der Waals surface area contributed by atoms with Crippen molar-refractivity contribution in [2.45, 2.75) is 44.7 Å². The quantitative estimate of drug-likeness (QED) is 0.754. The summed E-state index contributed by atoms with van der Waals surface area (Å²) in [7, 11) is -3.56. The molecule has 0 spiro atoms. The van der Waals surface area contributed by atoms with E-state index in [1.165, 1.54) is 6.20 Å². The maximum absolute atomic E-state index is 12.1. The third kappa shape index (κ3) is 4.26. The minimum atomic E-state index is -3.56. The number of hydrogen-bond donors (Lipinski definition) is 2. The molecule has 7 heteroatoms. The van der Waals surface area contributed by atoms with E-state index in [4.69, 9.17) is 11.6 Å². The van der Waals surface area contributed by atoms with Crippen LogP contribution in [0.25, 0.3) is 0 Å². The first-order valence-electron chi connectivity index (χ1n) is 6.01. The second-order valence-electron chi connectivity index (χ2n) is 4.65. The van der Waals surface area contributed by atoms with Gasteiger partial charge in [0, 0.05) is 18.3 Å². The van der Waals surface area contributed by atoms with Gasteiger partial charge in [-0.2, -0.15) is 0 Å². The van der Waals surface area contributed by atoms with E-state index in [0.29, 0.717) is 24.6 Å². The lowest BCUT2D eigenvalue weighted by atomic mass is 10.1. The van der Waals surface area contributed by atoms with E-state index < -0.39 is 10.0 Å². The molecule has 0 aliphatic carbocycles. The predicted octanol–water partition coefficient (Wildman–Crippen LogP) is 1.90. The van der Waals surface area contributed by atoms with Crippen LogP contribution in [-0.2, 0) is 16.4 Å². The van der Waals surface area contributed by atoms with Gasteiger partial charge in [0.1, 0.15) is 5.82 Å². The summed E-state index contributed by atoms with van der Waals surface area (Å²) in [6.45, 7) is 5.96. The van der Waals surface area contributed by atoms with Crippen molar-refractivity contribution >= 4 is 21.6 Å². The summed E-state index contributed by atoms with van der Waals surface area (Å²) in [6, 6.07) is -0.259. The Labute approximate surface area is 113 Å². The fourth-order valence-electron chi connectivity index (χ4n) is 1.65. The van der Waals surface area contributed by atoms with Gasteiger partial charge in [-0.15, -0.1) is 11.6 Å². The van der Waals surface area contributed by atoms with Gasteiger partial charge in [-0.1, -0.05) is 20.8 Å². The Morgan fingerprint density at radius 1 is 1.50 bits per heavy atom. The Hall–Kier alpha value is -0.590. The van der Waals surface area contributed by atoms with Gasteiger partial charge >= 0.3 is 0 Å². The number of sulfonamides is 1. The molecule has 0 radical (unpaired) electrons. The van der Waals surface area contributed by atoms with Gasteiger partial charge in [0.2, 0.25) is 0 Å². The Balaban J connectivity index is 2.80. The van der Waals surface area contributed by atoms with Crippen LogP contribution in [0.2, 0.25) is 0 Å². The molecule has 1 aromatic rings. The molecule has 0 amide bonds. The number of halogens is 1. The molecule has 18 heavy (non-hydrogen) atoms. The van der Waals surface area contributed by atoms with E-state index >= 15 is 0 Å². The van der Waals surface area contributed by atoms with E-state index in [1.807, 2.05) is 20.8 Å². The van der Waals surface area contributed by atoms with Gasteiger partial charge in [-0.3, -0.25) is 0 Å². The summed E-state index contributed by atoms with van der Waals surface area (Å²) < 4.78 is 26.7. The van der Waals surface area contributed by atoms with E-state index in [9.17, 15) is 8.42 Å². The first-order valence-corrected chi connectivity index (χ1v) is 8.03. The molecular weight excluding hydrogens is 274 g/mol. The SMILES string of the molecule is CCc1ncc(S(=O)(=O)NC(CCl)CC(C)C)[nH]1. The number of hydrogen-bond acceptors (Lipinski definition) is 3. The molecule has 1 atom stereocenters. The second kappa shape index (κ2) is 6.54. The van der Waals surface area contributed by atoms with Crippen LogP contribution in [0.15, 0.2) is 11.2 Å². The van der Waals surface area contributed by atoms with Crippen LogP contribution in [-0.4, -0.2) is 30.3 Å². The van der Waals surface area contributed by atoms with Crippen LogP contribution < -0.4 is 4.72 Å². The number of H-pyrrole nitrogens is 1. The standard InChI is InChI=1S/C11H20ClN3O2S/c1-4-10-13-7-11(14-10)18(16,17)15-9(6-12)5-8(2)3/h7-9,15H,4-6H2,1-3H3,(H,13,14). The highest BCUT2D eigenvalue weighted by atomic mass is 35.5. The summed E-state index contributed by atoms with van der Waals surface area (Å²) in [5, 5.41) is 0.0956. The predicted molar refractivity (Wildman–Crippen MR) is 72.3 cm³/mol. The largest absolute Gasteiger partial charge is 0.332 e. The smallest absolute Gasteiger partial charge is 0.257 e. The van der Waals surface area contributed by atoms with E-state index in [1.54, 1.807) is 0 Å². The molecule has 1 unspecified atom stereocenters. The van der Waals surface area contributed by atoms with Crippen molar-refractivity contribution < 1.29 is 8.42 Å². The number of aromatic nitrogens is 2. The molecule has 0 aliphatic rings. The lowest BCUT2D eigenvalue weighted by Crippen LogP contribution is -2.37. The summed E-state index contributed by atoms with van der Waals surface area (Å²) >= 11 is 5.78. The fourth-order valence-corrected chi connectivity index (χ4v) is 3.14. The zero-order valence-electron chi connectivity index (χ0n) is 10.9. The molecule has 0 aliphatic heterocycles. The highest BCUT2D eigenvalue weighted by Crippen LogP contribution is 2.11. The molecule has 5 nitrogen and oxygen atoms in total. The number of alkyl halides is 1. The molecule has 0 fully saturated rings. The molecular formula is C11H20ClN3O2S. The van der Waals surface area contributed by atoms with Gasteiger partial charge < -0.3 is 4.98 Å². The van der Waals surface area contributed by atoms with Crippen molar-refractivity contribution in [1.29, 1.82) is 0 Å². The number of imidazole rings is 1. The molecule has 1 heterocycles. The Morgan fingerprint density at radius 3 is 2.61 bits per heavy atom. The summed E-state index contributed by atoms with van der Waals surface area (Å²) in [5.74, 6) is 1.29. The zero-order valence-corrected chi connectivity index (χ0v) is 12.5. The first kappa shape index (κ1) is 15.5. The Kier molecular flexibility index (Phi) is 5.62. The van der Waals surface area contributed by atoms with E-state index in [0.717, 1.165) is 0 Å². The zero-order chi connectivity index (χ0) is 13.8. The van der Waals surface area contributed by atoms with Crippen molar-refractivity contribution in [2.24, 2.45) is 5.92 Å². The Bertz CT molecular complexity index is 470. The molecule has 0 aromatic carbocycles. The fraction of sp³-hybridized carbons (Fsp3) is 0.727. The monoisotopic (exact) mass is 293 g/mol. The molecule has 104 valence electrons. The molecule has 2 N–H and O–H groups in total. The van der Waals surface area contributed by atoms with Crippen molar-refractivity contribution in [1.82, 2.24) is 14.7 Å². The van der Waals surface area contributed by atoms with Crippen molar-refractivity contribution in [3.8, 4) is 0 Å². The maximum atomic E-state index is 12.1. The number of rotatable bonds is 7. The van der Waals surface area contributed by atoms with Gasteiger partial charge in [-0.25, -0.2) is 18.1 Å². The average Bonchev–Trinajstić information content (AvgIpc) is 2.76. The van der Waals surface area contributed by atoms with Gasteiger partial charge in [0.15, 0.2) is 5.03 Å². The topological polar surface area (TPSA) is 74.8 Å². The normalized spacial score (nSPS) is 14.1. The minimum Gasteiger partial charge on any atom is -0.332 e. The molecule has 1 rings (SSSR count). The van der Waals surface area contributed by atoms with E-state index in [2.05, 4.69) is 14.7 Å². The lowest BCUT2D eigenvalue weighted by molar-refractivity contribution is 0.484. The third-order valence-electron chi connectivity index (χ3n) is 2.49. The molecule has 0 saturated heterocycles. The van der Waals surface area contributed by atoms with Crippen molar-refractivity contribution in [2.75, 3.05) is 5.88 Å². The van der Waals surface area contributed by atoms with Crippen LogP contribution in [0.3, 0.4) is 0 Å². The van der Waals surface area contributed by atoms with Crippen LogP contribution in [0.4, 0.5) is 0 Å². The van der Waals surface area contributed by atoms with Gasteiger partial charge in [0.05, 0.1) is 6.20 Å². The maximum Gasteiger partial charge on any atom is 0.257 e. The summed E-state index contributed by atoms with van der Waals surface area (Å²) in [5.41, 5.74) is 0. The lowest BCUT2D eigenvalue weighted by Gasteiger charge is -2.17. The van der Waals surface area contributed by atoms with Crippen LogP contribution in [0.1, 0.15) is 33.0 Å². The first-order chi connectivity index (χ1) is 8.39. The Morgan fingerprint density at radius 2 is 2.17 bits per heavy atom. The minimum absolute atomic E-state index is 0.0956. The summed E-state index contributed by atoms with van der Waals surface area (Å²) in [6.07, 6.45) is 2.71. The van der Waals surface area contributed by atoms with E-state index in [-0.39, 0.29) is 16.9 Å². The van der Waals surface area contributed by atoms with Gasteiger partial charge in [-0.05, 0) is 12.3 Å². The number of nitrogens with zero attached hydrogens (tertiary/aromatic N) is 1. The molecule has 0 saturated carbocycles. The van der Waals surface area contributed by atoms with Crippen molar-refractivity contribution in [3.05, 3.63) is 12.0 Å². The van der Waals surface area contributed by atoms with Crippen molar-refractivity contribution in [3.63, 3.8) is 0 Å². The highest BCUT2D eigenvalue weighted by Gasteiger charge is 2.22. The highest BCUT2D eigenvalue weighted by molar-refractivity contribution is 7.89.